The first-order chi connectivity index (χ1) is 7.53. The van der Waals surface area contributed by atoms with Gasteiger partial charge in [-0.2, -0.15) is 0 Å². The zero-order valence-electron chi connectivity index (χ0n) is 11.1. The molecule has 3 nitrogen and oxygen atoms in total. The summed E-state index contributed by atoms with van der Waals surface area (Å²) in [5, 5.41) is 13.2. The molecule has 1 heterocycles. The van der Waals surface area contributed by atoms with E-state index in [4.69, 9.17) is 0 Å². The van der Waals surface area contributed by atoms with Crippen molar-refractivity contribution in [3.05, 3.63) is 0 Å². The lowest BCUT2D eigenvalue weighted by molar-refractivity contribution is 0.0554. The molecular formula is C13H28N2O. The summed E-state index contributed by atoms with van der Waals surface area (Å²) in [4.78, 5) is 2.41. The van der Waals surface area contributed by atoms with Gasteiger partial charge in [-0.05, 0) is 65.2 Å². The highest BCUT2D eigenvalue weighted by Crippen LogP contribution is 2.18. The van der Waals surface area contributed by atoms with Crippen LogP contribution in [-0.4, -0.2) is 48.8 Å². The van der Waals surface area contributed by atoms with E-state index in [0.29, 0.717) is 0 Å². The van der Waals surface area contributed by atoms with E-state index in [1.165, 1.54) is 32.4 Å². The molecule has 1 fully saturated rings. The predicted octanol–water partition coefficient (Wildman–Crippen LogP) is 1.47. The van der Waals surface area contributed by atoms with Crippen molar-refractivity contribution in [3.8, 4) is 0 Å². The fourth-order valence-corrected chi connectivity index (χ4v) is 2.14. The van der Waals surface area contributed by atoms with Gasteiger partial charge in [-0.3, -0.25) is 0 Å². The molecule has 3 heteroatoms. The number of aliphatic hydroxyl groups is 1. The van der Waals surface area contributed by atoms with Crippen LogP contribution in [-0.2, 0) is 0 Å². The Morgan fingerprint density at radius 1 is 1.38 bits per heavy atom. The van der Waals surface area contributed by atoms with Crippen molar-refractivity contribution >= 4 is 0 Å². The lowest BCUT2D eigenvalue weighted by Crippen LogP contribution is -2.38. The molecule has 2 N–H and O–H groups in total. The van der Waals surface area contributed by atoms with E-state index in [1.807, 2.05) is 13.8 Å². The molecule has 0 spiro atoms. The predicted molar refractivity (Wildman–Crippen MR) is 68.6 cm³/mol. The summed E-state index contributed by atoms with van der Waals surface area (Å²) in [5.41, 5.74) is -0.535. The average molecular weight is 228 g/mol. The molecule has 0 radical (unpaired) electrons. The molecule has 1 rings (SSSR count). The van der Waals surface area contributed by atoms with Crippen LogP contribution in [0, 0.1) is 5.92 Å². The van der Waals surface area contributed by atoms with E-state index >= 15 is 0 Å². The molecular weight excluding hydrogens is 200 g/mol. The van der Waals surface area contributed by atoms with Gasteiger partial charge in [0.2, 0.25) is 0 Å². The molecule has 16 heavy (non-hydrogen) atoms. The van der Waals surface area contributed by atoms with Crippen LogP contribution in [0.3, 0.4) is 0 Å². The third-order valence-corrected chi connectivity index (χ3v) is 3.84. The highest BCUT2D eigenvalue weighted by molar-refractivity contribution is 4.75. The summed E-state index contributed by atoms with van der Waals surface area (Å²) in [6, 6.07) is 0. The molecule has 1 atom stereocenters. The Kier molecular flexibility index (Phi) is 5.73. The van der Waals surface area contributed by atoms with Crippen LogP contribution < -0.4 is 5.32 Å². The zero-order chi connectivity index (χ0) is 12.0. The maximum Gasteiger partial charge on any atom is 0.0740 e. The van der Waals surface area contributed by atoms with Gasteiger partial charge in [0.15, 0.2) is 0 Å². The van der Waals surface area contributed by atoms with E-state index in [-0.39, 0.29) is 0 Å². The first kappa shape index (κ1) is 13.9. The van der Waals surface area contributed by atoms with E-state index in [1.54, 1.807) is 0 Å². The largest absolute Gasteiger partial charge is 0.389 e. The van der Waals surface area contributed by atoms with Gasteiger partial charge in [0.05, 0.1) is 5.60 Å². The van der Waals surface area contributed by atoms with Crippen LogP contribution in [0.25, 0.3) is 0 Å². The summed E-state index contributed by atoms with van der Waals surface area (Å²) in [6.45, 7) is 8.18. The second kappa shape index (κ2) is 6.58. The Labute approximate surface area is 100 Å². The standard InChI is InChI=1S/C13H28N2O/c1-4-13(2,16)11-14-8-5-12-6-9-15(3)10-7-12/h12,14,16H,4-11H2,1-3H3. The number of nitrogens with zero attached hydrogens (tertiary/aromatic N) is 1. The Hall–Kier alpha value is -0.120. The number of likely N-dealkylation sites (tertiary alicyclic amines) is 1. The normalized spacial score (nSPS) is 23.2. The van der Waals surface area contributed by atoms with Crippen molar-refractivity contribution in [1.82, 2.24) is 10.2 Å². The van der Waals surface area contributed by atoms with E-state index in [0.717, 1.165) is 25.4 Å². The van der Waals surface area contributed by atoms with Crippen LogP contribution in [0.5, 0.6) is 0 Å². The van der Waals surface area contributed by atoms with Crippen molar-refractivity contribution in [2.24, 2.45) is 5.92 Å². The summed E-state index contributed by atoms with van der Waals surface area (Å²) >= 11 is 0. The van der Waals surface area contributed by atoms with Crippen LogP contribution in [0.2, 0.25) is 0 Å². The SMILES string of the molecule is CCC(C)(O)CNCCC1CCN(C)CC1. The fraction of sp³-hybridized carbons (Fsp3) is 1.00. The van der Waals surface area contributed by atoms with Crippen LogP contribution >= 0.6 is 0 Å². The summed E-state index contributed by atoms with van der Waals surface area (Å²) in [5.74, 6) is 0.885. The maximum atomic E-state index is 9.83. The van der Waals surface area contributed by atoms with Crippen molar-refractivity contribution in [2.45, 2.75) is 45.1 Å². The minimum Gasteiger partial charge on any atom is -0.389 e. The average Bonchev–Trinajstić information content (AvgIpc) is 2.27. The number of rotatable bonds is 6. The molecule has 1 saturated heterocycles. The molecule has 1 aliphatic heterocycles. The lowest BCUT2D eigenvalue weighted by atomic mass is 9.94. The smallest absolute Gasteiger partial charge is 0.0740 e. The second-order valence-corrected chi connectivity index (χ2v) is 5.56. The minimum absolute atomic E-state index is 0.535. The van der Waals surface area contributed by atoms with Crippen LogP contribution in [0.15, 0.2) is 0 Å². The van der Waals surface area contributed by atoms with Gasteiger partial charge >= 0.3 is 0 Å². The molecule has 1 unspecified atom stereocenters. The molecule has 0 aliphatic carbocycles. The van der Waals surface area contributed by atoms with Gasteiger partial charge in [0.25, 0.3) is 0 Å². The third kappa shape index (κ3) is 5.28. The highest BCUT2D eigenvalue weighted by Gasteiger charge is 2.18. The quantitative estimate of drug-likeness (QED) is 0.676. The van der Waals surface area contributed by atoms with Gasteiger partial charge < -0.3 is 15.3 Å². The van der Waals surface area contributed by atoms with Crippen LogP contribution in [0.1, 0.15) is 39.5 Å². The Balaban J connectivity index is 2.03. The molecule has 0 aromatic heterocycles. The summed E-state index contributed by atoms with van der Waals surface area (Å²) in [6.07, 6.45) is 4.74. The maximum absolute atomic E-state index is 9.83. The molecule has 0 amide bonds. The zero-order valence-corrected chi connectivity index (χ0v) is 11.1. The minimum atomic E-state index is -0.535. The Morgan fingerprint density at radius 2 is 2.00 bits per heavy atom. The second-order valence-electron chi connectivity index (χ2n) is 5.56. The highest BCUT2D eigenvalue weighted by atomic mass is 16.3. The first-order valence-corrected chi connectivity index (χ1v) is 6.65. The van der Waals surface area contributed by atoms with Gasteiger partial charge in [0, 0.05) is 6.54 Å². The molecule has 0 aromatic carbocycles. The number of hydrogen-bond acceptors (Lipinski definition) is 3. The summed E-state index contributed by atoms with van der Waals surface area (Å²) in [7, 11) is 2.20. The van der Waals surface area contributed by atoms with Crippen molar-refractivity contribution < 1.29 is 5.11 Å². The third-order valence-electron chi connectivity index (χ3n) is 3.84. The first-order valence-electron chi connectivity index (χ1n) is 6.65. The van der Waals surface area contributed by atoms with Gasteiger partial charge in [-0.25, -0.2) is 0 Å². The molecule has 96 valence electrons. The number of piperidine rings is 1. The van der Waals surface area contributed by atoms with Crippen molar-refractivity contribution in [2.75, 3.05) is 33.2 Å². The van der Waals surface area contributed by atoms with Gasteiger partial charge in [-0.15, -0.1) is 0 Å². The fourth-order valence-electron chi connectivity index (χ4n) is 2.14. The van der Waals surface area contributed by atoms with E-state index in [9.17, 15) is 5.11 Å². The lowest BCUT2D eigenvalue weighted by Gasteiger charge is -2.29. The van der Waals surface area contributed by atoms with Crippen molar-refractivity contribution in [1.29, 1.82) is 0 Å². The van der Waals surface area contributed by atoms with Gasteiger partial charge in [-0.1, -0.05) is 6.92 Å². The Bertz CT molecular complexity index is 186. The molecule has 1 aliphatic rings. The monoisotopic (exact) mass is 228 g/mol. The summed E-state index contributed by atoms with van der Waals surface area (Å²) < 4.78 is 0. The Morgan fingerprint density at radius 3 is 2.56 bits per heavy atom. The molecule has 0 aromatic rings. The van der Waals surface area contributed by atoms with Gasteiger partial charge in [0.1, 0.15) is 0 Å². The topological polar surface area (TPSA) is 35.5 Å². The van der Waals surface area contributed by atoms with Crippen LogP contribution in [0.4, 0.5) is 0 Å². The van der Waals surface area contributed by atoms with E-state index < -0.39 is 5.60 Å². The number of nitrogens with one attached hydrogen (secondary N) is 1. The molecule has 0 bridgehead atoms. The van der Waals surface area contributed by atoms with E-state index in [2.05, 4.69) is 17.3 Å². The van der Waals surface area contributed by atoms with Crippen molar-refractivity contribution in [3.63, 3.8) is 0 Å². The number of hydrogen-bond donors (Lipinski definition) is 2. The molecule has 0 saturated carbocycles.